The van der Waals surface area contributed by atoms with E-state index in [1.165, 1.54) is 19.2 Å². The number of rotatable bonds is 1. The van der Waals surface area contributed by atoms with E-state index in [1.807, 2.05) is 0 Å². The van der Waals surface area contributed by atoms with Crippen molar-refractivity contribution >= 4 is 17.7 Å². The molecule has 0 spiro atoms. The Balaban J connectivity index is 2.15. The standard InChI is InChI=1S/C10H10ClNO4/c1-12-10(14)16-8-3-5-2-6(13)4-7(11)9(5)15-8/h2,4,8,13H,3H2,1H3,(H,12,14). The fourth-order valence-corrected chi connectivity index (χ4v) is 1.79. The summed E-state index contributed by atoms with van der Waals surface area (Å²) in [6, 6.07) is 2.91. The molecule has 1 aromatic rings. The van der Waals surface area contributed by atoms with Gasteiger partial charge in [0.1, 0.15) is 11.5 Å². The third kappa shape index (κ3) is 1.99. The average molecular weight is 244 g/mol. The van der Waals surface area contributed by atoms with E-state index >= 15 is 0 Å². The van der Waals surface area contributed by atoms with E-state index in [9.17, 15) is 9.90 Å². The lowest BCUT2D eigenvalue weighted by Gasteiger charge is -2.11. The second-order valence-corrected chi connectivity index (χ2v) is 3.73. The summed E-state index contributed by atoms with van der Waals surface area (Å²) in [5.74, 6) is 0.515. The second kappa shape index (κ2) is 4.09. The number of hydrogen-bond donors (Lipinski definition) is 2. The first kappa shape index (κ1) is 10.9. The molecular formula is C10H10ClNO4. The minimum atomic E-state index is -0.700. The minimum Gasteiger partial charge on any atom is -0.508 e. The van der Waals surface area contributed by atoms with E-state index in [1.54, 1.807) is 0 Å². The molecule has 1 aliphatic heterocycles. The Bertz CT molecular complexity index is 435. The van der Waals surface area contributed by atoms with Crippen molar-refractivity contribution in [1.82, 2.24) is 5.32 Å². The third-order valence-electron chi connectivity index (χ3n) is 2.18. The van der Waals surface area contributed by atoms with Gasteiger partial charge < -0.3 is 19.9 Å². The van der Waals surface area contributed by atoms with Crippen LogP contribution < -0.4 is 10.1 Å². The molecule has 1 heterocycles. The maximum atomic E-state index is 11.0. The minimum absolute atomic E-state index is 0.0629. The van der Waals surface area contributed by atoms with Gasteiger partial charge in [-0.3, -0.25) is 0 Å². The van der Waals surface area contributed by atoms with E-state index in [-0.39, 0.29) is 5.75 Å². The molecule has 0 saturated carbocycles. The lowest BCUT2D eigenvalue weighted by Crippen LogP contribution is -2.28. The molecule has 0 radical (unpaired) electrons. The summed E-state index contributed by atoms with van der Waals surface area (Å²) in [4.78, 5) is 11.0. The van der Waals surface area contributed by atoms with Crippen LogP contribution in [0.1, 0.15) is 5.56 Å². The number of phenolic OH excluding ortho intramolecular Hbond substituents is 1. The molecule has 1 aromatic carbocycles. The van der Waals surface area contributed by atoms with Crippen molar-refractivity contribution in [3.8, 4) is 11.5 Å². The Morgan fingerprint density at radius 3 is 3.12 bits per heavy atom. The molecule has 1 unspecified atom stereocenters. The number of carbonyl (C=O) groups is 1. The van der Waals surface area contributed by atoms with Gasteiger partial charge in [-0.25, -0.2) is 4.79 Å². The summed E-state index contributed by atoms with van der Waals surface area (Å²) < 4.78 is 10.3. The molecule has 86 valence electrons. The van der Waals surface area contributed by atoms with E-state index in [0.717, 1.165) is 5.56 Å². The van der Waals surface area contributed by atoms with Crippen LogP contribution in [0, 0.1) is 0 Å². The fourth-order valence-electron chi connectivity index (χ4n) is 1.51. The first-order valence-corrected chi connectivity index (χ1v) is 5.04. The molecule has 0 fully saturated rings. The Labute approximate surface area is 96.9 Å². The Morgan fingerprint density at radius 2 is 2.44 bits per heavy atom. The van der Waals surface area contributed by atoms with Crippen molar-refractivity contribution < 1.29 is 19.4 Å². The maximum absolute atomic E-state index is 11.0. The summed E-state index contributed by atoms with van der Waals surface area (Å²) in [5.41, 5.74) is 0.721. The average Bonchev–Trinajstić information content (AvgIpc) is 2.60. The van der Waals surface area contributed by atoms with Crippen molar-refractivity contribution in [2.24, 2.45) is 0 Å². The van der Waals surface area contributed by atoms with Crippen LogP contribution in [0.3, 0.4) is 0 Å². The molecule has 0 aliphatic carbocycles. The number of ether oxygens (including phenoxy) is 2. The van der Waals surface area contributed by atoms with Crippen molar-refractivity contribution in [2.75, 3.05) is 7.05 Å². The fraction of sp³-hybridized carbons (Fsp3) is 0.300. The summed E-state index contributed by atoms with van der Waals surface area (Å²) in [6.45, 7) is 0. The van der Waals surface area contributed by atoms with E-state index in [2.05, 4.69) is 5.32 Å². The molecule has 2 rings (SSSR count). The maximum Gasteiger partial charge on any atom is 0.409 e. The summed E-state index contributed by atoms with van der Waals surface area (Å²) in [5, 5.41) is 12.0. The largest absolute Gasteiger partial charge is 0.508 e. The number of phenols is 1. The zero-order valence-electron chi connectivity index (χ0n) is 8.49. The highest BCUT2D eigenvalue weighted by Gasteiger charge is 2.28. The number of hydrogen-bond acceptors (Lipinski definition) is 4. The van der Waals surface area contributed by atoms with Crippen LogP contribution in [0.15, 0.2) is 12.1 Å². The zero-order valence-corrected chi connectivity index (χ0v) is 9.25. The monoisotopic (exact) mass is 243 g/mol. The molecule has 0 bridgehead atoms. The van der Waals surface area contributed by atoms with Gasteiger partial charge in [0.2, 0.25) is 6.29 Å². The van der Waals surface area contributed by atoms with E-state index in [0.29, 0.717) is 17.2 Å². The molecule has 5 nitrogen and oxygen atoms in total. The van der Waals surface area contributed by atoms with Gasteiger partial charge in [-0.2, -0.15) is 0 Å². The number of aromatic hydroxyl groups is 1. The molecule has 1 amide bonds. The third-order valence-corrected chi connectivity index (χ3v) is 2.46. The molecule has 1 atom stereocenters. The van der Waals surface area contributed by atoms with Crippen LogP contribution in [-0.2, 0) is 11.2 Å². The predicted octanol–water partition coefficient (Wildman–Crippen LogP) is 1.66. The van der Waals surface area contributed by atoms with E-state index in [4.69, 9.17) is 21.1 Å². The van der Waals surface area contributed by atoms with Gasteiger partial charge in [0.05, 0.1) is 11.4 Å². The van der Waals surface area contributed by atoms with Crippen LogP contribution in [0.2, 0.25) is 5.02 Å². The number of alkyl carbamates (subject to hydrolysis) is 1. The van der Waals surface area contributed by atoms with Crippen LogP contribution >= 0.6 is 11.6 Å². The number of fused-ring (bicyclic) bond motifs is 1. The van der Waals surface area contributed by atoms with Crippen molar-refractivity contribution in [2.45, 2.75) is 12.7 Å². The van der Waals surface area contributed by atoms with Crippen LogP contribution in [0.25, 0.3) is 0 Å². The smallest absolute Gasteiger partial charge is 0.409 e. The highest BCUT2D eigenvalue weighted by Crippen LogP contribution is 2.38. The number of amides is 1. The Morgan fingerprint density at radius 1 is 1.69 bits per heavy atom. The number of benzene rings is 1. The summed E-state index contributed by atoms with van der Waals surface area (Å²) in [7, 11) is 1.46. The summed E-state index contributed by atoms with van der Waals surface area (Å²) in [6.07, 6.45) is -0.899. The SMILES string of the molecule is CNC(=O)OC1Cc2cc(O)cc(Cl)c2O1. The van der Waals surface area contributed by atoms with Gasteiger partial charge in [-0.05, 0) is 6.07 Å². The molecular weight excluding hydrogens is 234 g/mol. The molecule has 2 N–H and O–H groups in total. The van der Waals surface area contributed by atoms with E-state index < -0.39 is 12.4 Å². The van der Waals surface area contributed by atoms with Crippen molar-refractivity contribution in [1.29, 1.82) is 0 Å². The number of nitrogens with one attached hydrogen (secondary N) is 1. The highest BCUT2D eigenvalue weighted by molar-refractivity contribution is 6.32. The van der Waals surface area contributed by atoms with Gasteiger partial charge in [-0.15, -0.1) is 0 Å². The second-order valence-electron chi connectivity index (χ2n) is 3.32. The zero-order chi connectivity index (χ0) is 11.7. The summed E-state index contributed by atoms with van der Waals surface area (Å²) >= 11 is 5.87. The van der Waals surface area contributed by atoms with Crippen molar-refractivity contribution in [3.05, 3.63) is 22.7 Å². The number of halogens is 1. The first-order chi connectivity index (χ1) is 7.60. The van der Waals surface area contributed by atoms with Gasteiger partial charge in [0.15, 0.2) is 0 Å². The topological polar surface area (TPSA) is 67.8 Å². The van der Waals surface area contributed by atoms with Gasteiger partial charge in [-0.1, -0.05) is 11.6 Å². The highest BCUT2D eigenvalue weighted by atomic mass is 35.5. The Kier molecular flexibility index (Phi) is 2.78. The molecule has 16 heavy (non-hydrogen) atoms. The first-order valence-electron chi connectivity index (χ1n) is 4.66. The lowest BCUT2D eigenvalue weighted by atomic mass is 10.1. The van der Waals surface area contributed by atoms with Crippen LogP contribution in [-0.4, -0.2) is 24.5 Å². The van der Waals surface area contributed by atoms with Gasteiger partial charge in [0, 0.05) is 18.7 Å². The normalized spacial score (nSPS) is 17.5. The Hall–Kier alpha value is -1.62. The molecule has 1 aliphatic rings. The van der Waals surface area contributed by atoms with Crippen LogP contribution in [0.4, 0.5) is 4.79 Å². The quantitative estimate of drug-likeness (QED) is 0.787. The lowest BCUT2D eigenvalue weighted by molar-refractivity contribution is -0.0156. The van der Waals surface area contributed by atoms with Gasteiger partial charge in [0.25, 0.3) is 0 Å². The molecule has 0 saturated heterocycles. The molecule has 0 aromatic heterocycles. The number of carbonyl (C=O) groups excluding carboxylic acids is 1. The molecule has 6 heteroatoms. The van der Waals surface area contributed by atoms with Gasteiger partial charge >= 0.3 is 6.09 Å². The predicted molar refractivity (Wildman–Crippen MR) is 56.8 cm³/mol. The van der Waals surface area contributed by atoms with Crippen LogP contribution in [0.5, 0.6) is 11.5 Å². The van der Waals surface area contributed by atoms with Crippen molar-refractivity contribution in [3.63, 3.8) is 0 Å².